The topological polar surface area (TPSA) is 54.9 Å². The first-order valence-electron chi connectivity index (χ1n) is 7.71. The summed E-state index contributed by atoms with van der Waals surface area (Å²) in [7, 11) is 0. The molecule has 4 rings (SSSR count). The normalized spacial score (nSPS) is 13.0. The fourth-order valence-corrected chi connectivity index (χ4v) is 5.49. The van der Waals surface area contributed by atoms with Crippen molar-refractivity contribution in [2.75, 3.05) is 5.32 Å². The van der Waals surface area contributed by atoms with E-state index >= 15 is 0 Å². The predicted molar refractivity (Wildman–Crippen MR) is 100 cm³/mol. The number of nitrogens with one attached hydrogen (secondary N) is 1. The SMILES string of the molecule is O=C(Nc1nnc(SCc2ccccc2)s1)c1cc2c(s1)CCC2. The Morgan fingerprint density at radius 2 is 2.04 bits per heavy atom. The molecule has 24 heavy (non-hydrogen) atoms. The minimum Gasteiger partial charge on any atom is -0.296 e. The molecular weight excluding hydrogens is 358 g/mol. The van der Waals surface area contributed by atoms with E-state index in [1.165, 1.54) is 33.8 Å². The summed E-state index contributed by atoms with van der Waals surface area (Å²) in [5.41, 5.74) is 2.58. The standard InChI is InChI=1S/C17H15N3OS3/c21-15(14-9-12-7-4-8-13(12)23-14)18-16-19-20-17(24-16)22-10-11-5-2-1-3-6-11/h1-3,5-6,9H,4,7-8,10H2,(H,18,19,21). The lowest BCUT2D eigenvalue weighted by atomic mass is 10.2. The number of aryl methyl sites for hydroxylation is 2. The van der Waals surface area contributed by atoms with Crippen LogP contribution >= 0.6 is 34.4 Å². The van der Waals surface area contributed by atoms with Crippen molar-refractivity contribution in [1.82, 2.24) is 10.2 Å². The van der Waals surface area contributed by atoms with Gasteiger partial charge in [-0.1, -0.05) is 53.4 Å². The Kier molecular flexibility index (Phi) is 4.64. The summed E-state index contributed by atoms with van der Waals surface area (Å²) in [6.07, 6.45) is 3.41. The second-order valence-corrected chi connectivity index (χ2v) is 8.85. The van der Waals surface area contributed by atoms with E-state index in [2.05, 4.69) is 27.6 Å². The van der Waals surface area contributed by atoms with Crippen molar-refractivity contribution >= 4 is 45.5 Å². The third-order valence-electron chi connectivity index (χ3n) is 3.80. The van der Waals surface area contributed by atoms with Crippen LogP contribution in [0.25, 0.3) is 0 Å². The molecule has 1 N–H and O–H groups in total. The fraction of sp³-hybridized carbons (Fsp3) is 0.235. The number of fused-ring (bicyclic) bond motifs is 1. The minimum absolute atomic E-state index is 0.0786. The molecule has 0 spiro atoms. The van der Waals surface area contributed by atoms with Crippen molar-refractivity contribution in [2.45, 2.75) is 29.4 Å². The Bertz CT molecular complexity index is 836. The first-order chi connectivity index (χ1) is 11.8. The van der Waals surface area contributed by atoms with Gasteiger partial charge in [0.1, 0.15) is 0 Å². The lowest BCUT2D eigenvalue weighted by Gasteiger charge is -1.98. The maximum Gasteiger partial charge on any atom is 0.267 e. The van der Waals surface area contributed by atoms with Gasteiger partial charge in [-0.25, -0.2) is 0 Å². The first kappa shape index (κ1) is 15.8. The van der Waals surface area contributed by atoms with E-state index < -0.39 is 0 Å². The zero-order valence-corrected chi connectivity index (χ0v) is 15.3. The number of nitrogens with zero attached hydrogens (tertiary/aromatic N) is 2. The number of aromatic nitrogens is 2. The van der Waals surface area contributed by atoms with E-state index in [9.17, 15) is 4.79 Å². The summed E-state index contributed by atoms with van der Waals surface area (Å²) in [6, 6.07) is 12.3. The number of benzene rings is 1. The van der Waals surface area contributed by atoms with E-state index in [1.807, 2.05) is 24.3 Å². The van der Waals surface area contributed by atoms with Crippen LogP contribution < -0.4 is 5.32 Å². The van der Waals surface area contributed by atoms with Crippen LogP contribution in [0.2, 0.25) is 0 Å². The molecule has 0 atom stereocenters. The van der Waals surface area contributed by atoms with Gasteiger partial charge in [-0.15, -0.1) is 21.5 Å². The molecule has 1 aliphatic rings. The van der Waals surface area contributed by atoms with Gasteiger partial charge in [-0.05, 0) is 36.5 Å². The van der Waals surface area contributed by atoms with Crippen LogP contribution in [0.1, 0.15) is 32.1 Å². The highest BCUT2D eigenvalue weighted by molar-refractivity contribution is 8.00. The fourth-order valence-electron chi connectivity index (χ4n) is 2.64. The van der Waals surface area contributed by atoms with Gasteiger partial charge in [0.25, 0.3) is 5.91 Å². The number of thiophene rings is 1. The molecule has 122 valence electrons. The average Bonchev–Trinajstić information content (AvgIpc) is 3.29. The zero-order valence-electron chi connectivity index (χ0n) is 12.8. The van der Waals surface area contributed by atoms with Crippen molar-refractivity contribution in [3.63, 3.8) is 0 Å². The van der Waals surface area contributed by atoms with E-state index in [0.717, 1.165) is 27.8 Å². The van der Waals surface area contributed by atoms with Gasteiger partial charge < -0.3 is 0 Å². The lowest BCUT2D eigenvalue weighted by molar-refractivity contribution is 0.103. The first-order valence-corrected chi connectivity index (χ1v) is 10.3. The van der Waals surface area contributed by atoms with E-state index in [-0.39, 0.29) is 5.91 Å². The zero-order chi connectivity index (χ0) is 16.4. The number of carbonyl (C=O) groups excluding carboxylic acids is 1. The summed E-state index contributed by atoms with van der Waals surface area (Å²) in [5, 5.41) is 11.7. The summed E-state index contributed by atoms with van der Waals surface area (Å²) in [5.74, 6) is 0.770. The Labute approximate surface area is 152 Å². The smallest absolute Gasteiger partial charge is 0.267 e. The molecular formula is C17H15N3OS3. The van der Waals surface area contributed by atoms with E-state index in [1.54, 1.807) is 23.1 Å². The highest BCUT2D eigenvalue weighted by Crippen LogP contribution is 2.32. The summed E-state index contributed by atoms with van der Waals surface area (Å²) in [6.45, 7) is 0. The molecule has 2 aromatic heterocycles. The number of carbonyl (C=O) groups is 1. The molecule has 1 aliphatic carbocycles. The van der Waals surface area contributed by atoms with Crippen molar-refractivity contribution in [3.8, 4) is 0 Å². The maximum absolute atomic E-state index is 12.3. The molecule has 1 amide bonds. The highest BCUT2D eigenvalue weighted by atomic mass is 32.2. The highest BCUT2D eigenvalue weighted by Gasteiger charge is 2.19. The van der Waals surface area contributed by atoms with Gasteiger partial charge >= 0.3 is 0 Å². The molecule has 1 aromatic carbocycles. The van der Waals surface area contributed by atoms with Crippen LogP contribution in [-0.4, -0.2) is 16.1 Å². The summed E-state index contributed by atoms with van der Waals surface area (Å²) >= 11 is 4.65. The molecule has 0 saturated carbocycles. The summed E-state index contributed by atoms with van der Waals surface area (Å²) < 4.78 is 0.864. The molecule has 0 saturated heterocycles. The van der Waals surface area contributed by atoms with Crippen molar-refractivity contribution < 1.29 is 4.79 Å². The van der Waals surface area contributed by atoms with Crippen molar-refractivity contribution in [2.24, 2.45) is 0 Å². The molecule has 2 heterocycles. The average molecular weight is 374 g/mol. The van der Waals surface area contributed by atoms with Gasteiger partial charge in [0.05, 0.1) is 4.88 Å². The van der Waals surface area contributed by atoms with Crippen molar-refractivity contribution in [1.29, 1.82) is 0 Å². The minimum atomic E-state index is -0.0786. The molecule has 0 radical (unpaired) electrons. The third kappa shape index (κ3) is 3.53. The number of amides is 1. The third-order valence-corrected chi connectivity index (χ3v) is 7.08. The predicted octanol–water partition coefficient (Wildman–Crippen LogP) is 4.63. The van der Waals surface area contributed by atoms with Gasteiger partial charge in [-0.3, -0.25) is 10.1 Å². The lowest BCUT2D eigenvalue weighted by Crippen LogP contribution is -2.09. The monoisotopic (exact) mass is 373 g/mol. The van der Waals surface area contributed by atoms with Crippen LogP contribution in [0.4, 0.5) is 5.13 Å². The molecule has 0 aliphatic heterocycles. The van der Waals surface area contributed by atoms with Crippen molar-refractivity contribution in [3.05, 3.63) is 57.3 Å². The van der Waals surface area contributed by atoms with Gasteiger partial charge in [0.2, 0.25) is 5.13 Å². The Hall–Kier alpha value is -1.70. The maximum atomic E-state index is 12.3. The molecule has 4 nitrogen and oxygen atoms in total. The number of hydrogen-bond acceptors (Lipinski definition) is 6. The van der Waals surface area contributed by atoms with Crippen LogP contribution in [0.5, 0.6) is 0 Å². The Balaban J connectivity index is 1.37. The molecule has 3 aromatic rings. The molecule has 0 bridgehead atoms. The van der Waals surface area contributed by atoms with Gasteiger partial charge in [0.15, 0.2) is 4.34 Å². The molecule has 0 unspecified atom stereocenters. The molecule has 7 heteroatoms. The summed E-state index contributed by atoms with van der Waals surface area (Å²) in [4.78, 5) is 14.5. The van der Waals surface area contributed by atoms with E-state index in [0.29, 0.717) is 5.13 Å². The van der Waals surface area contributed by atoms with Crippen LogP contribution in [0.15, 0.2) is 40.7 Å². The van der Waals surface area contributed by atoms with Crippen LogP contribution in [0, 0.1) is 0 Å². The van der Waals surface area contributed by atoms with E-state index in [4.69, 9.17) is 0 Å². The number of hydrogen-bond donors (Lipinski definition) is 1. The van der Waals surface area contributed by atoms with Crippen LogP contribution in [0.3, 0.4) is 0 Å². The van der Waals surface area contributed by atoms with Crippen LogP contribution in [-0.2, 0) is 18.6 Å². The molecule has 0 fully saturated rings. The quantitative estimate of drug-likeness (QED) is 0.523. The number of rotatable bonds is 5. The second kappa shape index (κ2) is 7.04. The van der Waals surface area contributed by atoms with Gasteiger partial charge in [0, 0.05) is 10.6 Å². The number of anilines is 1. The Morgan fingerprint density at radius 1 is 1.17 bits per heavy atom. The largest absolute Gasteiger partial charge is 0.296 e. The second-order valence-electron chi connectivity index (χ2n) is 5.51. The van der Waals surface area contributed by atoms with Gasteiger partial charge in [-0.2, -0.15) is 0 Å². The Morgan fingerprint density at radius 3 is 2.88 bits per heavy atom. The number of thioether (sulfide) groups is 1.